The number of carbonyl (C=O) groups is 3. The van der Waals surface area contributed by atoms with E-state index in [0.29, 0.717) is 15.8 Å². The van der Waals surface area contributed by atoms with Crippen LogP contribution in [-0.2, 0) is 14.3 Å². The van der Waals surface area contributed by atoms with Crippen molar-refractivity contribution in [3.8, 4) is 11.5 Å². The number of Topliss-reactive ketones (excluding diaryl/α,β-unsaturated/α-hetero) is 1. The van der Waals surface area contributed by atoms with Crippen molar-refractivity contribution in [2.75, 3.05) is 14.1 Å². The van der Waals surface area contributed by atoms with Crippen LogP contribution in [0, 0.1) is 12.8 Å². The van der Waals surface area contributed by atoms with Crippen molar-refractivity contribution in [2.45, 2.75) is 25.2 Å². The molecule has 0 radical (unpaired) electrons. The Morgan fingerprint density at radius 2 is 1.81 bits per heavy atom. The maximum atomic E-state index is 12.8. The first-order valence-electron chi connectivity index (χ1n) is 9.92. The maximum Gasteiger partial charge on any atom is 0.343 e. The number of fused-ring (bicyclic) bond motifs is 2. The van der Waals surface area contributed by atoms with Gasteiger partial charge in [-0.25, -0.2) is 4.79 Å². The molecule has 1 aliphatic carbocycles. The summed E-state index contributed by atoms with van der Waals surface area (Å²) in [6.45, 7) is 1.66. The number of likely N-dealkylation sites (N-methyl/N-ethyl adjacent to an activating group) is 1. The number of aromatic hydroxyl groups is 2. The van der Waals surface area contributed by atoms with E-state index in [0.717, 1.165) is 0 Å². The van der Waals surface area contributed by atoms with Gasteiger partial charge >= 0.3 is 5.97 Å². The monoisotopic (exact) mass is 443 g/mol. The number of nitrogens with two attached hydrogens (primary N) is 1. The van der Waals surface area contributed by atoms with Gasteiger partial charge in [0.15, 0.2) is 11.8 Å². The van der Waals surface area contributed by atoms with Gasteiger partial charge < -0.3 is 35.8 Å². The summed E-state index contributed by atoms with van der Waals surface area (Å²) in [7, 11) is 3.27. The number of quaternary nitrogens is 1. The van der Waals surface area contributed by atoms with Gasteiger partial charge in [-0.1, -0.05) is 12.1 Å². The number of phenolic OH excluding ortho intramolecular Hbond substituents is 2. The molecule has 2 aromatic rings. The molecule has 0 bridgehead atoms. The summed E-state index contributed by atoms with van der Waals surface area (Å²) in [4.78, 5) is 37.8. The third-order valence-electron chi connectivity index (χ3n) is 6.35. The van der Waals surface area contributed by atoms with Crippen LogP contribution in [0.1, 0.15) is 27.6 Å². The number of benzene rings is 2. The molecule has 4 atom stereocenters. The zero-order chi connectivity index (χ0) is 23.6. The molecule has 1 amide bonds. The van der Waals surface area contributed by atoms with Crippen molar-refractivity contribution in [3.63, 3.8) is 0 Å². The Labute approximate surface area is 182 Å². The van der Waals surface area contributed by atoms with E-state index < -0.39 is 58.9 Å². The van der Waals surface area contributed by atoms with Crippen LogP contribution in [0.3, 0.4) is 0 Å². The quantitative estimate of drug-likeness (QED) is 0.263. The molecular formula is C22H23N2O8+. The highest BCUT2D eigenvalue weighted by atomic mass is 16.6. The molecule has 0 fully saturated rings. The molecule has 10 heteroatoms. The Morgan fingerprint density at radius 3 is 2.41 bits per heavy atom. The number of cyclic esters (lactones) is 1. The number of rotatable bonds is 3. The van der Waals surface area contributed by atoms with E-state index in [9.17, 15) is 34.8 Å². The average molecular weight is 443 g/mol. The summed E-state index contributed by atoms with van der Waals surface area (Å²) in [5, 5.41) is 43.2. The normalized spacial score (nSPS) is 25.4. The number of hydrogen-bond donors (Lipinski definition) is 6. The van der Waals surface area contributed by atoms with Gasteiger partial charge in [0.05, 0.1) is 25.4 Å². The minimum Gasteiger partial charge on any atom is -0.507 e. The van der Waals surface area contributed by atoms with E-state index >= 15 is 0 Å². The molecule has 168 valence electrons. The molecule has 10 nitrogen and oxygen atoms in total. The molecule has 1 heterocycles. The van der Waals surface area contributed by atoms with Crippen LogP contribution < -0.4 is 10.6 Å². The molecule has 0 saturated carbocycles. The Hall–Kier alpha value is -3.63. The molecule has 1 aliphatic heterocycles. The van der Waals surface area contributed by atoms with Crippen molar-refractivity contribution in [1.29, 1.82) is 0 Å². The van der Waals surface area contributed by atoms with Crippen molar-refractivity contribution in [1.82, 2.24) is 0 Å². The SMILES string of the molecule is Cc1c2c(c(O)c3c(O)cccc13)C(=O)O[C@@H]2[C@H]1[C@H]([NH+](C)C)C(O)=C(C(N)=O)C(=O)[C@@H]1O. The second-order valence-corrected chi connectivity index (χ2v) is 8.35. The first kappa shape index (κ1) is 21.6. The predicted molar refractivity (Wildman–Crippen MR) is 110 cm³/mol. The molecule has 2 aliphatic rings. The number of phenols is 2. The molecule has 7 N–H and O–H groups in total. The average Bonchev–Trinajstić information content (AvgIpc) is 3.05. The fourth-order valence-corrected chi connectivity index (χ4v) is 4.97. The molecular weight excluding hydrogens is 420 g/mol. The van der Waals surface area contributed by atoms with Crippen LogP contribution in [0.25, 0.3) is 10.8 Å². The van der Waals surface area contributed by atoms with Crippen molar-refractivity contribution in [3.05, 3.63) is 46.2 Å². The second kappa shape index (κ2) is 7.21. The van der Waals surface area contributed by atoms with Crippen LogP contribution >= 0.6 is 0 Å². The summed E-state index contributed by atoms with van der Waals surface area (Å²) >= 11 is 0. The Balaban J connectivity index is 1.99. The number of primary amides is 1. The number of nitrogens with one attached hydrogen (secondary N) is 1. The lowest BCUT2D eigenvalue weighted by Crippen LogP contribution is -3.12. The van der Waals surface area contributed by atoms with Gasteiger partial charge in [-0.15, -0.1) is 0 Å². The topological polar surface area (TPSA) is 172 Å². The van der Waals surface area contributed by atoms with Crippen LogP contribution in [-0.4, -0.2) is 64.3 Å². The standard InChI is InChI=1S/C22H22N2O8/c1-7-8-5-4-6-9(25)11(8)16(26)12-10(7)20(32-22(12)31)13-15(24(2)3)17(27)14(21(23)30)19(29)18(13)28/h4-6,13,15,18,20,25-28H,1-3H3,(H2,23,30)/p+1/t13-,15-,18+,20-/m0/s1. The van der Waals surface area contributed by atoms with Gasteiger partial charge in [0.1, 0.15) is 34.8 Å². The zero-order valence-corrected chi connectivity index (χ0v) is 17.5. The van der Waals surface area contributed by atoms with E-state index in [2.05, 4.69) is 0 Å². The molecule has 4 rings (SSSR count). The van der Waals surface area contributed by atoms with Crippen LogP contribution in [0.15, 0.2) is 29.5 Å². The number of ketones is 1. The zero-order valence-electron chi connectivity index (χ0n) is 17.5. The minimum atomic E-state index is -1.81. The first-order chi connectivity index (χ1) is 15.0. The molecule has 0 spiro atoms. The van der Waals surface area contributed by atoms with E-state index in [-0.39, 0.29) is 22.3 Å². The van der Waals surface area contributed by atoms with Gasteiger partial charge in [0.25, 0.3) is 5.91 Å². The number of esters is 1. The maximum absolute atomic E-state index is 12.8. The highest BCUT2D eigenvalue weighted by Gasteiger charge is 2.56. The molecule has 0 unspecified atom stereocenters. The minimum absolute atomic E-state index is 0.0789. The fourth-order valence-electron chi connectivity index (χ4n) is 4.97. The van der Waals surface area contributed by atoms with Crippen molar-refractivity contribution >= 4 is 28.4 Å². The smallest absolute Gasteiger partial charge is 0.343 e. The predicted octanol–water partition coefficient (Wildman–Crippen LogP) is -0.859. The van der Waals surface area contributed by atoms with E-state index in [1.54, 1.807) is 33.2 Å². The van der Waals surface area contributed by atoms with Gasteiger partial charge in [-0.2, -0.15) is 0 Å². The van der Waals surface area contributed by atoms with Crippen LogP contribution in [0.5, 0.6) is 11.5 Å². The molecule has 32 heavy (non-hydrogen) atoms. The number of aryl methyl sites for hydroxylation is 1. The fraction of sp³-hybridized carbons (Fsp3) is 0.318. The number of ether oxygens (including phenoxy) is 1. The molecule has 0 aromatic heterocycles. The van der Waals surface area contributed by atoms with Gasteiger partial charge in [0.2, 0.25) is 5.78 Å². The Kier molecular flexibility index (Phi) is 4.87. The summed E-state index contributed by atoms with van der Waals surface area (Å²) in [5.74, 6) is -5.60. The number of hydrogen-bond acceptors (Lipinski definition) is 8. The highest BCUT2D eigenvalue weighted by molar-refractivity contribution is 6.21. The molecule has 2 aromatic carbocycles. The molecule has 0 saturated heterocycles. The summed E-state index contributed by atoms with van der Waals surface area (Å²) in [6.07, 6.45) is -3.02. The largest absolute Gasteiger partial charge is 0.507 e. The third-order valence-corrected chi connectivity index (χ3v) is 6.35. The Bertz CT molecular complexity index is 1230. The lowest BCUT2D eigenvalue weighted by Gasteiger charge is -2.38. The van der Waals surface area contributed by atoms with Gasteiger partial charge in [-0.3, -0.25) is 9.59 Å². The summed E-state index contributed by atoms with van der Waals surface area (Å²) in [6, 6.07) is 3.57. The summed E-state index contributed by atoms with van der Waals surface area (Å²) < 4.78 is 5.53. The summed E-state index contributed by atoms with van der Waals surface area (Å²) in [5.41, 5.74) is 5.12. The lowest BCUT2D eigenvalue weighted by atomic mass is 9.74. The first-order valence-corrected chi connectivity index (χ1v) is 9.92. The number of amides is 1. The number of carbonyl (C=O) groups excluding carboxylic acids is 3. The van der Waals surface area contributed by atoms with E-state index in [4.69, 9.17) is 10.5 Å². The van der Waals surface area contributed by atoms with Gasteiger partial charge in [0, 0.05) is 5.56 Å². The number of aliphatic hydroxyl groups excluding tert-OH is 2. The van der Waals surface area contributed by atoms with Crippen molar-refractivity contribution < 1.29 is 44.4 Å². The Morgan fingerprint density at radius 1 is 1.16 bits per heavy atom. The van der Waals surface area contributed by atoms with Crippen LogP contribution in [0.2, 0.25) is 0 Å². The second-order valence-electron chi connectivity index (χ2n) is 8.35. The lowest BCUT2D eigenvalue weighted by molar-refractivity contribution is -0.887. The van der Waals surface area contributed by atoms with E-state index in [1.807, 2.05) is 0 Å². The van der Waals surface area contributed by atoms with E-state index in [1.165, 1.54) is 6.07 Å². The number of aliphatic hydroxyl groups is 2. The van der Waals surface area contributed by atoms with Gasteiger partial charge in [-0.05, 0) is 23.9 Å². The van der Waals surface area contributed by atoms with Crippen LogP contribution in [0.4, 0.5) is 0 Å². The third kappa shape index (κ3) is 2.76. The highest BCUT2D eigenvalue weighted by Crippen LogP contribution is 2.50. The van der Waals surface area contributed by atoms with Crippen molar-refractivity contribution in [2.24, 2.45) is 11.7 Å².